The zero-order valence-corrected chi connectivity index (χ0v) is 13.2. The minimum absolute atomic E-state index is 0.204. The van der Waals surface area contributed by atoms with E-state index in [9.17, 15) is 14.7 Å². The third kappa shape index (κ3) is 2.59. The van der Waals surface area contributed by atoms with Gasteiger partial charge in [-0.25, -0.2) is 4.79 Å². The Morgan fingerprint density at radius 3 is 2.70 bits per heavy atom. The van der Waals surface area contributed by atoms with Crippen LogP contribution < -0.4 is 0 Å². The first-order valence-corrected chi connectivity index (χ1v) is 7.68. The number of aryl methyl sites for hydroxylation is 1. The minimum Gasteiger partial charge on any atom is -0.480 e. The molecule has 1 aliphatic carbocycles. The third-order valence-electron chi connectivity index (χ3n) is 4.21. The molecule has 4 nitrogen and oxygen atoms in total. The monoisotopic (exact) mass is 295 g/mol. The second-order valence-corrected chi connectivity index (χ2v) is 7.27. The van der Waals surface area contributed by atoms with Crippen LogP contribution in [0.25, 0.3) is 0 Å². The van der Waals surface area contributed by atoms with Gasteiger partial charge >= 0.3 is 5.97 Å². The average Bonchev–Trinajstić information content (AvgIpc) is 2.79. The summed E-state index contributed by atoms with van der Waals surface area (Å²) in [5, 5.41) is 9.21. The molecular weight excluding hydrogens is 274 g/mol. The van der Waals surface area contributed by atoms with Gasteiger partial charge in [0.2, 0.25) is 0 Å². The SMILES string of the molecule is CC1CCc2sc(C(=O)N(C)C(C)(C)C(=O)O)cc2C1. The molecule has 1 atom stereocenters. The third-order valence-corrected chi connectivity index (χ3v) is 5.43. The Balaban J connectivity index is 2.24. The fraction of sp³-hybridized carbons (Fsp3) is 0.600. The molecule has 1 N–H and O–H groups in total. The Hall–Kier alpha value is -1.36. The van der Waals surface area contributed by atoms with E-state index in [2.05, 4.69) is 6.92 Å². The number of nitrogens with zero attached hydrogens (tertiary/aromatic N) is 1. The van der Waals surface area contributed by atoms with E-state index in [0.29, 0.717) is 10.8 Å². The van der Waals surface area contributed by atoms with E-state index in [1.54, 1.807) is 20.9 Å². The lowest BCUT2D eigenvalue weighted by Crippen LogP contribution is -2.50. The van der Waals surface area contributed by atoms with Crippen LogP contribution in [-0.4, -0.2) is 34.5 Å². The molecule has 1 aromatic rings. The van der Waals surface area contributed by atoms with Gasteiger partial charge in [-0.2, -0.15) is 0 Å². The first kappa shape index (κ1) is 15.0. The maximum Gasteiger partial charge on any atom is 0.329 e. The zero-order chi connectivity index (χ0) is 15.1. The molecule has 0 radical (unpaired) electrons. The van der Waals surface area contributed by atoms with Crippen LogP contribution >= 0.6 is 11.3 Å². The molecule has 0 aliphatic heterocycles. The number of amides is 1. The first-order valence-electron chi connectivity index (χ1n) is 6.86. The smallest absolute Gasteiger partial charge is 0.329 e. The first-order chi connectivity index (χ1) is 9.23. The van der Waals surface area contributed by atoms with Crippen molar-refractivity contribution in [3.63, 3.8) is 0 Å². The van der Waals surface area contributed by atoms with Crippen molar-refractivity contribution >= 4 is 23.2 Å². The van der Waals surface area contributed by atoms with Crippen molar-refractivity contribution in [3.05, 3.63) is 21.4 Å². The van der Waals surface area contributed by atoms with Crippen molar-refractivity contribution in [1.82, 2.24) is 4.90 Å². The van der Waals surface area contributed by atoms with Crippen LogP contribution in [0.15, 0.2) is 6.07 Å². The summed E-state index contributed by atoms with van der Waals surface area (Å²) in [5.74, 6) is -0.541. The number of rotatable bonds is 3. The summed E-state index contributed by atoms with van der Waals surface area (Å²) >= 11 is 1.52. The highest BCUT2D eigenvalue weighted by atomic mass is 32.1. The summed E-state index contributed by atoms with van der Waals surface area (Å²) in [6.07, 6.45) is 3.21. The van der Waals surface area contributed by atoms with Crippen molar-refractivity contribution in [1.29, 1.82) is 0 Å². The summed E-state index contributed by atoms with van der Waals surface area (Å²) in [6, 6.07) is 1.95. The standard InChI is InChI=1S/C15H21NO3S/c1-9-5-6-11-10(7-9)8-12(20-11)13(17)16(4)15(2,3)14(18)19/h8-9H,5-7H2,1-4H3,(H,18,19). The molecule has 0 fully saturated rings. The Labute approximate surface area is 123 Å². The number of fused-ring (bicyclic) bond motifs is 1. The summed E-state index contributed by atoms with van der Waals surface area (Å²) in [5.41, 5.74) is 0.0631. The van der Waals surface area contributed by atoms with Crippen molar-refractivity contribution in [3.8, 4) is 0 Å². The molecule has 110 valence electrons. The van der Waals surface area contributed by atoms with Crippen LogP contribution in [0, 0.1) is 5.92 Å². The molecule has 20 heavy (non-hydrogen) atoms. The molecule has 1 unspecified atom stereocenters. The Kier molecular flexibility index (Phi) is 3.91. The van der Waals surface area contributed by atoms with Gasteiger partial charge in [0.25, 0.3) is 5.91 Å². The van der Waals surface area contributed by atoms with Gasteiger partial charge in [0, 0.05) is 11.9 Å². The topological polar surface area (TPSA) is 57.6 Å². The number of hydrogen-bond donors (Lipinski definition) is 1. The number of carboxylic acids is 1. The molecule has 0 saturated heterocycles. The summed E-state index contributed by atoms with van der Waals surface area (Å²) < 4.78 is 0. The molecule has 1 heterocycles. The highest BCUT2D eigenvalue weighted by Gasteiger charge is 2.36. The van der Waals surface area contributed by atoms with Gasteiger partial charge < -0.3 is 10.0 Å². The lowest BCUT2D eigenvalue weighted by Gasteiger charge is -2.31. The second-order valence-electron chi connectivity index (χ2n) is 6.14. The van der Waals surface area contributed by atoms with Crippen LogP contribution in [-0.2, 0) is 17.6 Å². The van der Waals surface area contributed by atoms with E-state index < -0.39 is 11.5 Å². The fourth-order valence-corrected chi connectivity index (χ4v) is 3.56. The summed E-state index contributed by atoms with van der Waals surface area (Å²) in [6.45, 7) is 5.31. The number of carbonyl (C=O) groups is 2. The Morgan fingerprint density at radius 2 is 2.10 bits per heavy atom. The molecule has 1 aromatic heterocycles. The van der Waals surface area contributed by atoms with E-state index in [-0.39, 0.29) is 5.91 Å². The summed E-state index contributed by atoms with van der Waals surface area (Å²) in [7, 11) is 1.55. The number of likely N-dealkylation sites (N-methyl/N-ethyl adjacent to an activating group) is 1. The van der Waals surface area contributed by atoms with Crippen LogP contribution in [0.2, 0.25) is 0 Å². The van der Waals surface area contributed by atoms with Crippen molar-refractivity contribution in [2.24, 2.45) is 5.92 Å². The number of aliphatic carboxylic acids is 1. The van der Waals surface area contributed by atoms with Crippen molar-refractivity contribution in [2.45, 2.75) is 45.6 Å². The predicted molar refractivity (Wildman–Crippen MR) is 79.3 cm³/mol. The number of carboxylic acid groups (broad SMARTS) is 1. The predicted octanol–water partition coefficient (Wildman–Crippen LogP) is 2.81. The van der Waals surface area contributed by atoms with E-state index in [1.165, 1.54) is 26.7 Å². The average molecular weight is 295 g/mol. The van der Waals surface area contributed by atoms with Gasteiger partial charge in [-0.1, -0.05) is 6.92 Å². The molecule has 0 bridgehead atoms. The van der Waals surface area contributed by atoms with E-state index in [4.69, 9.17) is 0 Å². The van der Waals surface area contributed by atoms with Crippen molar-refractivity contribution in [2.75, 3.05) is 7.05 Å². The van der Waals surface area contributed by atoms with E-state index >= 15 is 0 Å². The Morgan fingerprint density at radius 1 is 1.45 bits per heavy atom. The Bertz CT molecular complexity index is 547. The molecule has 1 aliphatic rings. The lowest BCUT2D eigenvalue weighted by molar-refractivity contribution is -0.147. The van der Waals surface area contributed by atoms with Gasteiger partial charge in [0.15, 0.2) is 0 Å². The molecule has 2 rings (SSSR count). The van der Waals surface area contributed by atoms with E-state index in [1.807, 2.05) is 6.07 Å². The molecule has 0 aromatic carbocycles. The number of carbonyl (C=O) groups excluding carboxylic acids is 1. The van der Waals surface area contributed by atoms with Gasteiger partial charge in [-0.05, 0) is 50.7 Å². The lowest BCUT2D eigenvalue weighted by atomic mass is 9.90. The molecular formula is C15H21NO3S. The zero-order valence-electron chi connectivity index (χ0n) is 12.4. The number of thiophene rings is 1. The van der Waals surface area contributed by atoms with E-state index in [0.717, 1.165) is 19.3 Å². The molecule has 5 heteroatoms. The van der Waals surface area contributed by atoms with Gasteiger partial charge in [-0.3, -0.25) is 4.79 Å². The van der Waals surface area contributed by atoms with Gasteiger partial charge in [-0.15, -0.1) is 11.3 Å². The van der Waals surface area contributed by atoms with Crippen LogP contribution in [0.1, 0.15) is 47.3 Å². The fourth-order valence-electron chi connectivity index (χ4n) is 2.37. The molecule has 0 saturated carbocycles. The largest absolute Gasteiger partial charge is 0.480 e. The normalized spacial score (nSPS) is 18.5. The molecule has 0 spiro atoms. The number of hydrogen-bond acceptors (Lipinski definition) is 3. The second kappa shape index (κ2) is 5.20. The highest BCUT2D eigenvalue weighted by Crippen LogP contribution is 2.33. The summed E-state index contributed by atoms with van der Waals surface area (Å²) in [4.78, 5) is 27.0. The van der Waals surface area contributed by atoms with Crippen LogP contribution in [0.5, 0.6) is 0 Å². The minimum atomic E-state index is -1.20. The van der Waals surface area contributed by atoms with Gasteiger partial charge in [0.05, 0.1) is 4.88 Å². The van der Waals surface area contributed by atoms with Gasteiger partial charge in [0.1, 0.15) is 5.54 Å². The van der Waals surface area contributed by atoms with Crippen molar-refractivity contribution < 1.29 is 14.7 Å². The highest BCUT2D eigenvalue weighted by molar-refractivity contribution is 7.14. The molecule has 1 amide bonds. The maximum absolute atomic E-state index is 12.5. The maximum atomic E-state index is 12.5. The van der Waals surface area contributed by atoms with Crippen LogP contribution in [0.4, 0.5) is 0 Å². The quantitative estimate of drug-likeness (QED) is 0.933. The van der Waals surface area contributed by atoms with Crippen LogP contribution in [0.3, 0.4) is 0 Å².